The Morgan fingerprint density at radius 3 is 2.29 bits per heavy atom. The fourth-order valence-electron chi connectivity index (χ4n) is 3.60. The quantitative estimate of drug-likeness (QED) is 0.796. The SMILES string of the molecule is CCCNCC(C)c1c(C)nc(C2CCCCC2)nc1C. The zero-order valence-corrected chi connectivity index (χ0v) is 14.2. The number of nitrogens with zero attached hydrogens (tertiary/aromatic N) is 2. The van der Waals surface area contributed by atoms with Gasteiger partial charge in [0.2, 0.25) is 0 Å². The lowest BCUT2D eigenvalue weighted by atomic mass is 9.88. The summed E-state index contributed by atoms with van der Waals surface area (Å²) < 4.78 is 0. The topological polar surface area (TPSA) is 37.8 Å². The number of nitrogens with one attached hydrogen (secondary N) is 1. The molecule has 1 N–H and O–H groups in total. The zero-order valence-electron chi connectivity index (χ0n) is 14.2. The Balaban J connectivity index is 2.12. The van der Waals surface area contributed by atoms with Crippen LogP contribution in [0.4, 0.5) is 0 Å². The summed E-state index contributed by atoms with van der Waals surface area (Å²) in [6.07, 6.45) is 7.78. The Kier molecular flexibility index (Phi) is 6.16. The van der Waals surface area contributed by atoms with E-state index in [1.54, 1.807) is 0 Å². The molecule has 21 heavy (non-hydrogen) atoms. The number of hydrogen-bond acceptors (Lipinski definition) is 3. The summed E-state index contributed by atoms with van der Waals surface area (Å²) in [4.78, 5) is 9.74. The van der Waals surface area contributed by atoms with Crippen molar-refractivity contribution in [3.63, 3.8) is 0 Å². The molecule has 1 unspecified atom stereocenters. The van der Waals surface area contributed by atoms with Crippen molar-refractivity contribution in [2.75, 3.05) is 13.1 Å². The molecule has 3 heteroatoms. The molecule has 1 aromatic heterocycles. The molecule has 0 aromatic carbocycles. The van der Waals surface area contributed by atoms with Crippen LogP contribution in [0.15, 0.2) is 0 Å². The van der Waals surface area contributed by atoms with Crippen molar-refractivity contribution in [1.29, 1.82) is 0 Å². The van der Waals surface area contributed by atoms with Gasteiger partial charge in [-0.3, -0.25) is 0 Å². The highest BCUT2D eigenvalue weighted by molar-refractivity contribution is 5.29. The van der Waals surface area contributed by atoms with Crippen LogP contribution in [0.25, 0.3) is 0 Å². The summed E-state index contributed by atoms with van der Waals surface area (Å²) in [6, 6.07) is 0. The van der Waals surface area contributed by atoms with Gasteiger partial charge in [0.05, 0.1) is 0 Å². The van der Waals surface area contributed by atoms with Crippen LogP contribution < -0.4 is 5.32 Å². The average molecular weight is 289 g/mol. The molecule has 0 aliphatic heterocycles. The second-order valence-corrected chi connectivity index (χ2v) is 6.61. The van der Waals surface area contributed by atoms with Crippen molar-refractivity contribution in [3.8, 4) is 0 Å². The lowest BCUT2D eigenvalue weighted by Gasteiger charge is -2.23. The third kappa shape index (κ3) is 4.26. The molecule has 118 valence electrons. The highest BCUT2D eigenvalue weighted by Crippen LogP contribution is 2.32. The molecule has 1 heterocycles. The van der Waals surface area contributed by atoms with Crippen LogP contribution in [0, 0.1) is 13.8 Å². The molecule has 1 saturated carbocycles. The molecular formula is C18H31N3. The Morgan fingerprint density at radius 1 is 1.10 bits per heavy atom. The Labute approximate surface area is 130 Å². The highest BCUT2D eigenvalue weighted by Gasteiger charge is 2.21. The normalized spacial score (nSPS) is 17.9. The highest BCUT2D eigenvalue weighted by atomic mass is 14.9. The van der Waals surface area contributed by atoms with Gasteiger partial charge in [-0.1, -0.05) is 33.1 Å². The first-order valence-electron chi connectivity index (χ1n) is 8.69. The summed E-state index contributed by atoms with van der Waals surface area (Å²) in [5.74, 6) is 2.18. The minimum atomic E-state index is 0.483. The monoisotopic (exact) mass is 289 g/mol. The standard InChI is InChI=1S/C18H31N3/c1-5-11-19-12-13(2)17-14(3)20-18(21-15(17)4)16-9-7-6-8-10-16/h13,16,19H,5-12H2,1-4H3. The van der Waals surface area contributed by atoms with E-state index >= 15 is 0 Å². The molecule has 0 bridgehead atoms. The van der Waals surface area contributed by atoms with Crippen molar-refractivity contribution >= 4 is 0 Å². The van der Waals surface area contributed by atoms with Crippen LogP contribution in [0.3, 0.4) is 0 Å². The van der Waals surface area contributed by atoms with Gasteiger partial charge >= 0.3 is 0 Å². The molecule has 1 atom stereocenters. The van der Waals surface area contributed by atoms with Gasteiger partial charge in [-0.15, -0.1) is 0 Å². The Hall–Kier alpha value is -0.960. The Bertz CT molecular complexity index is 427. The molecule has 3 nitrogen and oxygen atoms in total. The fourth-order valence-corrected chi connectivity index (χ4v) is 3.60. The largest absolute Gasteiger partial charge is 0.316 e. The minimum absolute atomic E-state index is 0.483. The molecule has 0 saturated heterocycles. The van der Waals surface area contributed by atoms with Crippen LogP contribution in [-0.4, -0.2) is 23.1 Å². The van der Waals surface area contributed by atoms with Gasteiger partial charge in [0, 0.05) is 23.9 Å². The first kappa shape index (κ1) is 16.4. The summed E-state index contributed by atoms with van der Waals surface area (Å²) in [7, 11) is 0. The molecule has 1 fully saturated rings. The second-order valence-electron chi connectivity index (χ2n) is 6.61. The smallest absolute Gasteiger partial charge is 0.131 e. The maximum atomic E-state index is 4.87. The van der Waals surface area contributed by atoms with Crippen molar-refractivity contribution in [2.24, 2.45) is 0 Å². The van der Waals surface area contributed by atoms with E-state index in [1.165, 1.54) is 55.5 Å². The maximum Gasteiger partial charge on any atom is 0.131 e. The average Bonchev–Trinajstić information content (AvgIpc) is 2.47. The zero-order chi connectivity index (χ0) is 15.2. The lowest BCUT2D eigenvalue weighted by molar-refractivity contribution is 0.426. The van der Waals surface area contributed by atoms with Crippen molar-refractivity contribution < 1.29 is 0 Å². The van der Waals surface area contributed by atoms with E-state index in [1.807, 2.05) is 0 Å². The van der Waals surface area contributed by atoms with Crippen molar-refractivity contribution in [3.05, 3.63) is 22.8 Å². The molecule has 1 aliphatic rings. The number of aromatic nitrogens is 2. The molecule has 0 spiro atoms. The van der Waals surface area contributed by atoms with Crippen LogP contribution in [0.1, 0.15) is 87.0 Å². The van der Waals surface area contributed by atoms with Gasteiger partial charge < -0.3 is 5.32 Å². The van der Waals surface area contributed by atoms with E-state index in [4.69, 9.17) is 9.97 Å². The Morgan fingerprint density at radius 2 is 1.71 bits per heavy atom. The first-order chi connectivity index (χ1) is 10.1. The number of rotatable bonds is 6. The summed E-state index contributed by atoms with van der Waals surface area (Å²) in [6.45, 7) is 10.9. The second kappa shape index (κ2) is 7.88. The van der Waals surface area contributed by atoms with E-state index in [-0.39, 0.29) is 0 Å². The van der Waals surface area contributed by atoms with Gasteiger partial charge in [-0.2, -0.15) is 0 Å². The number of hydrogen-bond donors (Lipinski definition) is 1. The molecule has 1 aliphatic carbocycles. The fraction of sp³-hybridized carbons (Fsp3) is 0.778. The maximum absolute atomic E-state index is 4.87. The van der Waals surface area contributed by atoms with Gasteiger partial charge in [-0.05, 0) is 51.1 Å². The molecule has 1 aromatic rings. The molecular weight excluding hydrogens is 258 g/mol. The summed E-state index contributed by atoms with van der Waals surface area (Å²) in [5, 5.41) is 3.51. The third-order valence-electron chi connectivity index (χ3n) is 4.68. The van der Waals surface area contributed by atoms with E-state index in [0.29, 0.717) is 11.8 Å². The van der Waals surface area contributed by atoms with Crippen LogP contribution in [-0.2, 0) is 0 Å². The van der Waals surface area contributed by atoms with Gasteiger partial charge in [-0.25, -0.2) is 9.97 Å². The summed E-state index contributed by atoms with van der Waals surface area (Å²) in [5.41, 5.74) is 3.72. The van der Waals surface area contributed by atoms with E-state index in [0.717, 1.165) is 18.9 Å². The molecule has 0 radical (unpaired) electrons. The van der Waals surface area contributed by atoms with Crippen LogP contribution in [0.2, 0.25) is 0 Å². The lowest BCUT2D eigenvalue weighted by Crippen LogP contribution is -2.23. The van der Waals surface area contributed by atoms with E-state index in [2.05, 4.69) is 33.0 Å². The minimum Gasteiger partial charge on any atom is -0.316 e. The van der Waals surface area contributed by atoms with Crippen molar-refractivity contribution in [1.82, 2.24) is 15.3 Å². The first-order valence-corrected chi connectivity index (χ1v) is 8.69. The van der Waals surface area contributed by atoms with Gasteiger partial charge in [0.1, 0.15) is 5.82 Å². The van der Waals surface area contributed by atoms with Crippen LogP contribution >= 0.6 is 0 Å². The third-order valence-corrected chi connectivity index (χ3v) is 4.68. The molecule has 2 rings (SSSR count). The van der Waals surface area contributed by atoms with E-state index in [9.17, 15) is 0 Å². The van der Waals surface area contributed by atoms with Gasteiger partial charge in [0.15, 0.2) is 0 Å². The predicted octanol–water partition coefficient (Wildman–Crippen LogP) is 4.24. The molecule has 0 amide bonds. The van der Waals surface area contributed by atoms with Gasteiger partial charge in [0.25, 0.3) is 0 Å². The van der Waals surface area contributed by atoms with Crippen molar-refractivity contribution in [2.45, 2.75) is 78.1 Å². The predicted molar refractivity (Wildman–Crippen MR) is 88.9 cm³/mol. The van der Waals surface area contributed by atoms with Crippen LogP contribution in [0.5, 0.6) is 0 Å². The number of aryl methyl sites for hydroxylation is 2. The summed E-state index contributed by atoms with van der Waals surface area (Å²) >= 11 is 0. The van der Waals surface area contributed by atoms with E-state index < -0.39 is 0 Å².